The third-order valence-corrected chi connectivity index (χ3v) is 4.33. The first-order chi connectivity index (χ1) is 8.09. The van der Waals surface area contributed by atoms with Crippen molar-refractivity contribution in [3.63, 3.8) is 0 Å². The zero-order chi connectivity index (χ0) is 12.7. The maximum absolute atomic E-state index is 9.01. The Labute approximate surface area is 116 Å². The molecule has 1 rings (SSSR count). The van der Waals surface area contributed by atoms with Gasteiger partial charge in [0.25, 0.3) is 0 Å². The Morgan fingerprint density at radius 1 is 1.41 bits per heavy atom. The maximum atomic E-state index is 9.01. The van der Waals surface area contributed by atoms with Gasteiger partial charge in [-0.3, -0.25) is 0 Å². The summed E-state index contributed by atoms with van der Waals surface area (Å²) in [5.41, 5.74) is -0.389. The molecule has 0 fully saturated rings. The number of nitrogens with zero attached hydrogens (tertiary/aromatic N) is 1. The van der Waals surface area contributed by atoms with E-state index in [-0.39, 0.29) is 5.54 Å². The third-order valence-electron chi connectivity index (χ3n) is 2.70. The summed E-state index contributed by atoms with van der Waals surface area (Å²) in [5.74, 6) is 1.04. The second-order valence-electron chi connectivity index (χ2n) is 4.10. The molecular weight excluding hydrogens is 296 g/mol. The SMILES string of the molecule is CNC(C)(C#N)CCCSc1ccc(Br)cc1. The first kappa shape index (κ1) is 14.6. The first-order valence-corrected chi connectivity index (χ1v) is 7.36. The topological polar surface area (TPSA) is 35.8 Å². The molecule has 17 heavy (non-hydrogen) atoms. The largest absolute Gasteiger partial charge is 0.303 e. The zero-order valence-corrected chi connectivity index (χ0v) is 12.6. The number of benzene rings is 1. The molecule has 1 aromatic carbocycles. The van der Waals surface area contributed by atoms with Crippen LogP contribution in [0.4, 0.5) is 0 Å². The summed E-state index contributed by atoms with van der Waals surface area (Å²) in [6.45, 7) is 1.94. The van der Waals surface area contributed by atoms with Gasteiger partial charge in [-0.2, -0.15) is 5.26 Å². The fourth-order valence-corrected chi connectivity index (χ4v) is 2.50. The molecule has 0 spiro atoms. The van der Waals surface area contributed by atoms with Crippen LogP contribution in [0.3, 0.4) is 0 Å². The summed E-state index contributed by atoms with van der Waals surface area (Å²) >= 11 is 5.25. The highest BCUT2D eigenvalue weighted by Crippen LogP contribution is 2.22. The average molecular weight is 313 g/mol. The van der Waals surface area contributed by atoms with Crippen LogP contribution in [0.25, 0.3) is 0 Å². The number of halogens is 1. The summed E-state index contributed by atoms with van der Waals surface area (Å²) < 4.78 is 1.11. The fourth-order valence-electron chi connectivity index (χ4n) is 1.38. The lowest BCUT2D eigenvalue weighted by atomic mass is 9.99. The van der Waals surface area contributed by atoms with Gasteiger partial charge >= 0.3 is 0 Å². The molecule has 1 N–H and O–H groups in total. The van der Waals surface area contributed by atoms with E-state index in [0.717, 1.165) is 23.1 Å². The molecular formula is C13H17BrN2S. The molecule has 1 aromatic rings. The Kier molecular flexibility index (Phi) is 6.04. The molecule has 0 heterocycles. The predicted molar refractivity (Wildman–Crippen MR) is 77.2 cm³/mol. The molecule has 0 aromatic heterocycles. The van der Waals surface area contributed by atoms with Gasteiger partial charge in [-0.05, 0) is 56.8 Å². The van der Waals surface area contributed by atoms with Crippen molar-refractivity contribution in [3.05, 3.63) is 28.7 Å². The number of nitriles is 1. The summed E-state index contributed by atoms with van der Waals surface area (Å²) in [6.07, 6.45) is 1.91. The van der Waals surface area contributed by atoms with Crippen molar-refractivity contribution in [2.45, 2.75) is 30.2 Å². The van der Waals surface area contributed by atoms with E-state index in [1.54, 1.807) is 0 Å². The number of hydrogen-bond donors (Lipinski definition) is 1. The Hall–Kier alpha value is -0.500. The van der Waals surface area contributed by atoms with Gasteiger partial charge in [0.2, 0.25) is 0 Å². The number of nitrogens with one attached hydrogen (secondary N) is 1. The molecule has 2 nitrogen and oxygen atoms in total. The van der Waals surface area contributed by atoms with E-state index in [9.17, 15) is 0 Å². The quantitative estimate of drug-likeness (QED) is 0.640. The van der Waals surface area contributed by atoms with Gasteiger partial charge in [0.15, 0.2) is 0 Å². The molecule has 0 aliphatic rings. The normalized spacial score (nSPS) is 14.0. The fraction of sp³-hybridized carbons (Fsp3) is 0.462. The lowest BCUT2D eigenvalue weighted by Crippen LogP contribution is -2.37. The van der Waals surface area contributed by atoms with Crippen molar-refractivity contribution in [3.8, 4) is 6.07 Å². The average Bonchev–Trinajstić information content (AvgIpc) is 2.36. The van der Waals surface area contributed by atoms with E-state index in [4.69, 9.17) is 5.26 Å². The molecule has 0 bridgehead atoms. The van der Waals surface area contributed by atoms with Gasteiger partial charge < -0.3 is 5.32 Å². The Bertz CT molecular complexity index is 385. The second-order valence-corrected chi connectivity index (χ2v) is 6.18. The first-order valence-electron chi connectivity index (χ1n) is 5.58. The molecule has 1 atom stereocenters. The van der Waals surface area contributed by atoms with Crippen LogP contribution in [0.5, 0.6) is 0 Å². The Morgan fingerprint density at radius 2 is 2.06 bits per heavy atom. The zero-order valence-electron chi connectivity index (χ0n) is 10.2. The summed E-state index contributed by atoms with van der Waals surface area (Å²) in [5, 5.41) is 12.1. The molecule has 0 aliphatic heterocycles. The highest BCUT2D eigenvalue weighted by atomic mass is 79.9. The van der Waals surface area contributed by atoms with E-state index in [1.807, 2.05) is 25.7 Å². The van der Waals surface area contributed by atoms with Crippen LogP contribution in [0.15, 0.2) is 33.6 Å². The van der Waals surface area contributed by atoms with Gasteiger partial charge in [0, 0.05) is 9.37 Å². The minimum atomic E-state index is -0.389. The van der Waals surface area contributed by atoms with E-state index >= 15 is 0 Å². The smallest absolute Gasteiger partial charge is 0.103 e. The minimum absolute atomic E-state index is 0.389. The van der Waals surface area contributed by atoms with E-state index in [1.165, 1.54) is 4.90 Å². The van der Waals surface area contributed by atoms with Crippen molar-refractivity contribution >= 4 is 27.7 Å². The Morgan fingerprint density at radius 3 is 2.59 bits per heavy atom. The lowest BCUT2D eigenvalue weighted by Gasteiger charge is -2.20. The molecule has 0 radical (unpaired) electrons. The molecule has 4 heteroatoms. The van der Waals surface area contributed by atoms with Crippen molar-refractivity contribution in [2.75, 3.05) is 12.8 Å². The van der Waals surface area contributed by atoms with Crippen LogP contribution in [0.1, 0.15) is 19.8 Å². The van der Waals surface area contributed by atoms with Gasteiger partial charge in [0.1, 0.15) is 5.54 Å². The standard InChI is InChI=1S/C13H17BrN2S/c1-13(10-15,16-2)8-3-9-17-12-6-4-11(14)5-7-12/h4-7,16H,3,8-9H2,1-2H3. The Balaban J connectivity index is 2.29. The van der Waals surface area contributed by atoms with E-state index in [2.05, 4.69) is 51.6 Å². The molecule has 0 saturated carbocycles. The van der Waals surface area contributed by atoms with Gasteiger partial charge in [-0.1, -0.05) is 15.9 Å². The van der Waals surface area contributed by atoms with Gasteiger partial charge in [0.05, 0.1) is 6.07 Å². The van der Waals surface area contributed by atoms with Crippen LogP contribution in [-0.2, 0) is 0 Å². The highest BCUT2D eigenvalue weighted by Gasteiger charge is 2.19. The maximum Gasteiger partial charge on any atom is 0.103 e. The number of thioether (sulfide) groups is 1. The monoisotopic (exact) mass is 312 g/mol. The summed E-state index contributed by atoms with van der Waals surface area (Å²) in [7, 11) is 1.84. The summed E-state index contributed by atoms with van der Waals surface area (Å²) in [6, 6.07) is 10.6. The van der Waals surface area contributed by atoms with Crippen molar-refractivity contribution < 1.29 is 0 Å². The number of rotatable bonds is 6. The molecule has 1 unspecified atom stereocenters. The van der Waals surface area contributed by atoms with Crippen LogP contribution in [0, 0.1) is 11.3 Å². The number of hydrogen-bond acceptors (Lipinski definition) is 3. The molecule has 0 aliphatic carbocycles. The minimum Gasteiger partial charge on any atom is -0.303 e. The van der Waals surface area contributed by atoms with E-state index < -0.39 is 0 Å². The molecule has 0 saturated heterocycles. The summed E-state index contributed by atoms with van der Waals surface area (Å²) in [4.78, 5) is 1.27. The molecule has 92 valence electrons. The van der Waals surface area contributed by atoms with Crippen LogP contribution in [0.2, 0.25) is 0 Å². The van der Waals surface area contributed by atoms with Crippen LogP contribution >= 0.6 is 27.7 Å². The van der Waals surface area contributed by atoms with Crippen molar-refractivity contribution in [1.82, 2.24) is 5.32 Å². The van der Waals surface area contributed by atoms with Crippen LogP contribution in [-0.4, -0.2) is 18.3 Å². The second kappa shape index (κ2) is 7.05. The highest BCUT2D eigenvalue weighted by molar-refractivity contribution is 9.10. The van der Waals surface area contributed by atoms with Crippen molar-refractivity contribution in [1.29, 1.82) is 5.26 Å². The lowest BCUT2D eigenvalue weighted by molar-refractivity contribution is 0.451. The van der Waals surface area contributed by atoms with Gasteiger partial charge in [-0.15, -0.1) is 11.8 Å². The molecule has 0 amide bonds. The van der Waals surface area contributed by atoms with Gasteiger partial charge in [-0.25, -0.2) is 0 Å². The predicted octanol–water partition coefficient (Wildman–Crippen LogP) is 3.82. The van der Waals surface area contributed by atoms with E-state index in [0.29, 0.717) is 0 Å². The van der Waals surface area contributed by atoms with Crippen molar-refractivity contribution in [2.24, 2.45) is 0 Å². The third kappa shape index (κ3) is 5.12. The van der Waals surface area contributed by atoms with Crippen LogP contribution < -0.4 is 5.32 Å².